The molecule has 1 aromatic carbocycles. The van der Waals surface area contributed by atoms with Crippen LogP contribution in [0, 0.1) is 6.92 Å². The molecule has 0 unspecified atom stereocenters. The Morgan fingerprint density at radius 3 is 2.89 bits per heavy atom. The monoisotopic (exact) mass is 512 g/mol. The van der Waals surface area contributed by atoms with Gasteiger partial charge in [0.2, 0.25) is 0 Å². The van der Waals surface area contributed by atoms with Gasteiger partial charge in [0.25, 0.3) is 5.91 Å². The zero-order chi connectivity index (χ0) is 25.0. The highest BCUT2D eigenvalue weighted by atomic mass is 32.1. The van der Waals surface area contributed by atoms with E-state index in [9.17, 15) is 20.1 Å². The molecule has 1 aliphatic carbocycles. The molecular formula is C22H24N8O5S. The van der Waals surface area contributed by atoms with Gasteiger partial charge in [-0.2, -0.15) is 5.10 Å². The van der Waals surface area contributed by atoms with Crippen LogP contribution in [0.1, 0.15) is 46.3 Å². The number of carbonyl (C=O) groups is 1. The van der Waals surface area contributed by atoms with Gasteiger partial charge in [0.05, 0.1) is 33.7 Å². The summed E-state index contributed by atoms with van der Waals surface area (Å²) in [5, 5.41) is 48.1. The predicted octanol–water partition coefficient (Wildman–Crippen LogP) is 0.0644. The number of ether oxygens (including phenoxy) is 1. The molecule has 1 saturated heterocycles. The van der Waals surface area contributed by atoms with E-state index in [1.165, 1.54) is 17.2 Å². The number of aryl methyl sites for hydroxylation is 1. The fourth-order valence-electron chi connectivity index (χ4n) is 4.45. The molecular weight excluding hydrogens is 488 g/mol. The average molecular weight is 513 g/mol. The second kappa shape index (κ2) is 8.97. The Morgan fingerprint density at radius 1 is 1.28 bits per heavy atom. The Morgan fingerprint density at radius 2 is 2.11 bits per heavy atom. The van der Waals surface area contributed by atoms with Crippen LogP contribution in [0.2, 0.25) is 0 Å². The summed E-state index contributed by atoms with van der Waals surface area (Å²) in [6, 6.07) is 4.72. The zero-order valence-electron chi connectivity index (χ0n) is 19.2. The summed E-state index contributed by atoms with van der Waals surface area (Å²) in [7, 11) is 0. The van der Waals surface area contributed by atoms with Gasteiger partial charge in [-0.3, -0.25) is 4.79 Å². The number of amides is 1. The minimum Gasteiger partial charge on any atom is -0.394 e. The number of nitrogens with one attached hydrogen (secondary N) is 1. The van der Waals surface area contributed by atoms with Crippen LogP contribution in [0.3, 0.4) is 0 Å². The summed E-state index contributed by atoms with van der Waals surface area (Å²) < 4.78 is 9.65. The summed E-state index contributed by atoms with van der Waals surface area (Å²) in [6.45, 7) is 1.42. The van der Waals surface area contributed by atoms with Gasteiger partial charge >= 0.3 is 0 Å². The number of hydrogen-bond donors (Lipinski definition) is 4. The predicted molar refractivity (Wildman–Crippen MR) is 126 cm³/mol. The number of benzene rings is 1. The molecule has 4 N–H and O–H groups in total. The minimum absolute atomic E-state index is 0.0706. The number of rotatable bonds is 6. The van der Waals surface area contributed by atoms with Gasteiger partial charge in [-0.15, -0.1) is 16.4 Å². The van der Waals surface area contributed by atoms with E-state index < -0.39 is 37.1 Å². The molecule has 36 heavy (non-hydrogen) atoms. The molecule has 4 aromatic rings. The summed E-state index contributed by atoms with van der Waals surface area (Å²) in [6.07, 6.45) is -0.219. The van der Waals surface area contributed by atoms with E-state index >= 15 is 0 Å². The molecule has 5 atom stereocenters. The number of hydrogen-bond acceptors (Lipinski definition) is 11. The summed E-state index contributed by atoms with van der Waals surface area (Å²) >= 11 is 1.55. The molecule has 3 aromatic heterocycles. The van der Waals surface area contributed by atoms with Crippen molar-refractivity contribution in [3.63, 3.8) is 0 Å². The van der Waals surface area contributed by atoms with Crippen LogP contribution in [0.15, 0.2) is 30.7 Å². The van der Waals surface area contributed by atoms with Gasteiger partial charge in [0, 0.05) is 6.04 Å². The van der Waals surface area contributed by atoms with E-state index in [0.29, 0.717) is 5.69 Å². The first-order valence-electron chi connectivity index (χ1n) is 11.6. The largest absolute Gasteiger partial charge is 0.394 e. The van der Waals surface area contributed by atoms with E-state index in [-0.39, 0.29) is 23.5 Å². The van der Waals surface area contributed by atoms with Gasteiger partial charge in [0.1, 0.15) is 36.8 Å². The normalized spacial score (nSPS) is 26.4. The van der Waals surface area contributed by atoms with Crippen molar-refractivity contribution in [3.8, 4) is 5.69 Å². The maximum atomic E-state index is 12.4. The number of aromatic nitrogens is 7. The number of fused-ring (bicyclic) bond motifs is 1. The smallest absolute Gasteiger partial charge is 0.273 e. The number of nitrogens with zero attached hydrogens (tertiary/aromatic N) is 7. The molecule has 0 radical (unpaired) electrons. The van der Waals surface area contributed by atoms with Crippen molar-refractivity contribution in [1.82, 2.24) is 40.1 Å². The molecule has 1 aliphatic heterocycles. The van der Waals surface area contributed by atoms with Crippen LogP contribution in [0.5, 0.6) is 0 Å². The fourth-order valence-corrected chi connectivity index (χ4v) is 5.31. The lowest BCUT2D eigenvalue weighted by Gasteiger charge is -2.41. The standard InChI is InChI=1S/C22H24N8O5S/c1-10-25-13-5-4-12(6-16(13)36-10)30-21(23-9-24-30)20-19(33)17(18(32)15(8-31)35-20)29-7-14(27-28-29)22(34)26-11-2-3-11/h4-7,9,11,15,17-20,31-33H,2-3,8H2,1H3,(H,26,34)/t15-,17+,18+,19-,20-/m1/s1. The van der Waals surface area contributed by atoms with E-state index in [2.05, 4.69) is 30.7 Å². The molecule has 13 nitrogen and oxygen atoms in total. The lowest BCUT2D eigenvalue weighted by molar-refractivity contribution is -0.210. The molecule has 0 bridgehead atoms. The second-order valence-electron chi connectivity index (χ2n) is 9.00. The molecule has 4 heterocycles. The van der Waals surface area contributed by atoms with Crippen LogP contribution in [-0.2, 0) is 4.74 Å². The second-order valence-corrected chi connectivity index (χ2v) is 10.2. The van der Waals surface area contributed by atoms with E-state index in [1.807, 2.05) is 25.1 Å². The number of aliphatic hydroxyl groups is 3. The first-order valence-corrected chi connectivity index (χ1v) is 12.4. The highest BCUT2D eigenvalue weighted by Gasteiger charge is 2.48. The molecule has 2 aliphatic rings. The average Bonchev–Trinajstić information content (AvgIpc) is 3.24. The third-order valence-corrected chi connectivity index (χ3v) is 7.34. The Balaban J connectivity index is 1.33. The maximum Gasteiger partial charge on any atom is 0.273 e. The molecule has 1 saturated carbocycles. The molecule has 6 rings (SSSR count). The van der Waals surface area contributed by atoms with E-state index in [0.717, 1.165) is 28.1 Å². The van der Waals surface area contributed by atoms with Crippen molar-refractivity contribution in [2.24, 2.45) is 0 Å². The topological polar surface area (TPSA) is 173 Å². The van der Waals surface area contributed by atoms with Crippen molar-refractivity contribution in [2.75, 3.05) is 6.61 Å². The zero-order valence-corrected chi connectivity index (χ0v) is 20.0. The van der Waals surface area contributed by atoms with Crippen molar-refractivity contribution in [3.05, 3.63) is 47.2 Å². The Hall–Kier alpha value is -3.30. The fraction of sp³-hybridized carbons (Fsp3) is 0.455. The third kappa shape index (κ3) is 4.06. The van der Waals surface area contributed by atoms with E-state index in [4.69, 9.17) is 4.74 Å². The van der Waals surface area contributed by atoms with E-state index in [1.54, 1.807) is 16.0 Å². The SMILES string of the molecule is Cc1nc2ccc(-n3ncnc3[C@@H]3O[C@H](CO)[C@H](O)[C@H](n4cc(C(=O)NC5CC5)nn4)[C@H]3O)cc2s1. The van der Waals surface area contributed by atoms with Gasteiger partial charge in [-0.1, -0.05) is 5.21 Å². The number of aliphatic hydroxyl groups excluding tert-OH is 3. The quantitative estimate of drug-likeness (QED) is 0.277. The highest BCUT2D eigenvalue weighted by Crippen LogP contribution is 2.38. The van der Waals surface area contributed by atoms with Crippen LogP contribution in [0.4, 0.5) is 0 Å². The molecule has 14 heteroatoms. The van der Waals surface area contributed by atoms with Crippen LogP contribution in [0.25, 0.3) is 15.9 Å². The Kier molecular flexibility index (Phi) is 5.76. The number of thiazole rings is 1. The van der Waals surface area contributed by atoms with Gasteiger partial charge in [0.15, 0.2) is 11.5 Å². The Labute approximate surface area is 208 Å². The first kappa shape index (κ1) is 23.1. The molecule has 2 fully saturated rings. The van der Waals surface area contributed by atoms with Crippen LogP contribution < -0.4 is 5.32 Å². The van der Waals surface area contributed by atoms with Gasteiger partial charge in [-0.05, 0) is 38.0 Å². The lowest BCUT2D eigenvalue weighted by atomic mass is 9.92. The summed E-state index contributed by atoms with van der Waals surface area (Å²) in [5.74, 6) is -0.0891. The Bertz CT molecular complexity index is 1410. The molecule has 0 spiro atoms. The van der Waals surface area contributed by atoms with Crippen LogP contribution in [-0.4, -0.2) is 86.9 Å². The van der Waals surface area contributed by atoms with Crippen molar-refractivity contribution in [1.29, 1.82) is 0 Å². The lowest BCUT2D eigenvalue weighted by Crippen LogP contribution is -2.53. The first-order chi connectivity index (χ1) is 17.4. The van der Waals surface area contributed by atoms with Crippen molar-refractivity contribution in [2.45, 2.75) is 56.3 Å². The van der Waals surface area contributed by atoms with Crippen molar-refractivity contribution < 1.29 is 24.9 Å². The molecule has 1 amide bonds. The third-order valence-electron chi connectivity index (χ3n) is 6.41. The van der Waals surface area contributed by atoms with Crippen molar-refractivity contribution >= 4 is 27.5 Å². The van der Waals surface area contributed by atoms with Crippen LogP contribution >= 0.6 is 11.3 Å². The van der Waals surface area contributed by atoms with Gasteiger partial charge < -0.3 is 25.4 Å². The summed E-state index contributed by atoms with van der Waals surface area (Å²) in [5.41, 5.74) is 1.63. The summed E-state index contributed by atoms with van der Waals surface area (Å²) in [4.78, 5) is 21.2. The minimum atomic E-state index is -1.35. The number of carbonyl (C=O) groups excluding carboxylic acids is 1. The van der Waals surface area contributed by atoms with Gasteiger partial charge in [-0.25, -0.2) is 19.3 Å². The molecule has 188 valence electrons. The highest BCUT2D eigenvalue weighted by molar-refractivity contribution is 7.18. The maximum absolute atomic E-state index is 12.4.